The van der Waals surface area contributed by atoms with Crippen LogP contribution in [0.4, 0.5) is 17.1 Å². The molecular weight excluding hydrogens is 831 g/mol. The van der Waals surface area contributed by atoms with Gasteiger partial charge in [0.25, 0.3) is 5.91 Å². The third kappa shape index (κ3) is 14.9. The maximum absolute atomic E-state index is 13.9. The maximum atomic E-state index is 13.9. The molecule has 17 nitrogen and oxygen atoms in total. The predicted octanol–water partition coefficient (Wildman–Crippen LogP) is 3.77. The van der Waals surface area contributed by atoms with Gasteiger partial charge in [0.05, 0.1) is 73.2 Å². The van der Waals surface area contributed by atoms with E-state index in [0.717, 1.165) is 21.7 Å². The summed E-state index contributed by atoms with van der Waals surface area (Å²) in [5.74, 6) is -2.05. The summed E-state index contributed by atoms with van der Waals surface area (Å²) in [6.07, 6.45) is -0.798. The molecule has 4 aromatic rings. The number of aryl methyl sites for hydroxylation is 1. The van der Waals surface area contributed by atoms with Gasteiger partial charge in [0.15, 0.2) is 0 Å². The van der Waals surface area contributed by atoms with Gasteiger partial charge in [-0.2, -0.15) is 0 Å². The fraction of sp³-hybridized carbons (Fsp3) is 0.422. The molecule has 1 fully saturated rings. The molecule has 3 unspecified atom stereocenters. The van der Waals surface area contributed by atoms with E-state index in [1.165, 1.54) is 4.90 Å². The molecule has 3 atom stereocenters. The third-order valence-electron chi connectivity index (χ3n) is 9.93. The van der Waals surface area contributed by atoms with Crippen LogP contribution in [-0.2, 0) is 44.7 Å². The van der Waals surface area contributed by atoms with Crippen molar-refractivity contribution in [3.8, 4) is 10.4 Å². The number of carbonyl (C=O) groups excluding carboxylic acids is 5. The Morgan fingerprint density at radius 3 is 2.06 bits per heavy atom. The first-order valence-electron chi connectivity index (χ1n) is 20.6. The lowest BCUT2D eigenvalue weighted by Crippen LogP contribution is -2.58. The largest absolute Gasteiger partial charge is 0.397 e. The van der Waals surface area contributed by atoms with Gasteiger partial charge in [0.1, 0.15) is 25.3 Å². The number of benzene rings is 3. The number of β-amino-alcohol motifs (C(OH)–C–C–N with tert-alkyl or cyclic N) is 1. The van der Waals surface area contributed by atoms with E-state index in [1.54, 1.807) is 65.4 Å². The molecule has 5 amide bonds. The SMILES string of the molecule is Cc1ncsc1-c1ccc(CNC(=O)C2CC(O)CN2C(=O)C(NC(=O)COCCOCCOCCOCC(=O)Nc2ccc(C(=O)Nc3ccccc3N)cc2)C(C)(C)C)cc1. The molecule has 0 saturated carbocycles. The number of hydrogen-bond acceptors (Lipinski definition) is 13. The average molecular weight is 888 g/mol. The summed E-state index contributed by atoms with van der Waals surface area (Å²) in [6, 6.07) is 19.3. The molecule has 2 heterocycles. The first-order valence-corrected chi connectivity index (χ1v) is 21.5. The van der Waals surface area contributed by atoms with Crippen molar-refractivity contribution < 1.29 is 48.0 Å². The zero-order valence-corrected chi connectivity index (χ0v) is 36.8. The molecule has 18 heteroatoms. The van der Waals surface area contributed by atoms with Crippen molar-refractivity contribution in [3.05, 3.63) is 95.1 Å². The van der Waals surface area contributed by atoms with Crippen molar-refractivity contribution >= 4 is 57.9 Å². The Labute approximate surface area is 371 Å². The van der Waals surface area contributed by atoms with Gasteiger partial charge in [-0.15, -0.1) is 11.3 Å². The van der Waals surface area contributed by atoms with Crippen LogP contribution < -0.4 is 27.0 Å². The highest BCUT2D eigenvalue weighted by Crippen LogP contribution is 2.28. The number of aliphatic hydroxyl groups excluding tert-OH is 1. The zero-order valence-electron chi connectivity index (χ0n) is 36.0. The molecule has 3 aromatic carbocycles. The van der Waals surface area contributed by atoms with Gasteiger partial charge in [0.2, 0.25) is 23.6 Å². The minimum absolute atomic E-state index is 0.0302. The Morgan fingerprint density at radius 2 is 1.46 bits per heavy atom. The van der Waals surface area contributed by atoms with E-state index in [4.69, 9.17) is 24.7 Å². The molecule has 5 rings (SSSR count). The number of para-hydroxylation sites is 2. The highest BCUT2D eigenvalue weighted by Gasteiger charge is 2.44. The molecule has 1 aliphatic heterocycles. The number of nitrogen functional groups attached to an aromatic ring is 1. The van der Waals surface area contributed by atoms with E-state index >= 15 is 0 Å². The number of nitrogens with zero attached hydrogens (tertiary/aromatic N) is 2. The van der Waals surface area contributed by atoms with Gasteiger partial charge < -0.3 is 56.0 Å². The van der Waals surface area contributed by atoms with Gasteiger partial charge >= 0.3 is 0 Å². The highest BCUT2D eigenvalue weighted by atomic mass is 32.1. The molecule has 63 heavy (non-hydrogen) atoms. The number of anilines is 3. The number of rotatable bonds is 22. The van der Waals surface area contributed by atoms with Crippen LogP contribution in [0.25, 0.3) is 10.4 Å². The van der Waals surface area contributed by atoms with E-state index in [9.17, 15) is 29.1 Å². The Kier molecular flexibility index (Phi) is 18.1. The van der Waals surface area contributed by atoms with E-state index in [-0.39, 0.29) is 90.1 Å². The molecule has 338 valence electrons. The summed E-state index contributed by atoms with van der Waals surface area (Å²) in [7, 11) is 0. The summed E-state index contributed by atoms with van der Waals surface area (Å²) >= 11 is 1.56. The van der Waals surface area contributed by atoms with Crippen LogP contribution in [0.2, 0.25) is 0 Å². The van der Waals surface area contributed by atoms with Gasteiger partial charge in [-0.25, -0.2) is 4.98 Å². The molecule has 1 saturated heterocycles. The third-order valence-corrected chi connectivity index (χ3v) is 10.9. The van der Waals surface area contributed by atoms with Crippen molar-refractivity contribution in [2.75, 3.05) is 75.8 Å². The van der Waals surface area contributed by atoms with Crippen LogP contribution in [0.5, 0.6) is 0 Å². The van der Waals surface area contributed by atoms with E-state index < -0.39 is 35.4 Å². The lowest BCUT2D eigenvalue weighted by Gasteiger charge is -2.35. The molecule has 0 spiro atoms. The van der Waals surface area contributed by atoms with Crippen molar-refractivity contribution in [1.29, 1.82) is 0 Å². The first-order chi connectivity index (χ1) is 30.2. The quantitative estimate of drug-likeness (QED) is 0.0490. The van der Waals surface area contributed by atoms with Crippen LogP contribution in [0, 0.1) is 12.3 Å². The normalized spacial score (nSPS) is 15.4. The Morgan fingerprint density at radius 1 is 0.841 bits per heavy atom. The fourth-order valence-corrected chi connectivity index (χ4v) is 7.39. The molecule has 7 N–H and O–H groups in total. The number of hydrogen-bond donors (Lipinski definition) is 6. The standard InChI is InChI=1S/C45H57N7O10S/c1-29-40(63-28-48-29)31-11-9-30(10-12-31)24-47-43(57)37-23-34(53)25-52(37)44(58)41(45(2,3)4)51-39(55)27-62-22-20-60-18-17-59-19-21-61-26-38(54)49-33-15-13-32(14-16-33)42(56)50-36-8-6-5-7-35(36)46/h5-16,28,34,37,41,53H,17-27,46H2,1-4H3,(H,47,57)(H,49,54)(H,50,56)(H,51,55). The van der Waals surface area contributed by atoms with Crippen LogP contribution in [0.15, 0.2) is 78.3 Å². The van der Waals surface area contributed by atoms with Crippen molar-refractivity contribution in [2.45, 2.75) is 58.8 Å². The number of ether oxygens (including phenoxy) is 4. The summed E-state index contributed by atoms with van der Waals surface area (Å²) in [6.45, 7) is 8.37. The van der Waals surface area contributed by atoms with E-state index in [2.05, 4.69) is 26.3 Å². The van der Waals surface area contributed by atoms with Crippen LogP contribution in [0.3, 0.4) is 0 Å². The summed E-state index contributed by atoms with van der Waals surface area (Å²) < 4.78 is 21.8. The smallest absolute Gasteiger partial charge is 0.255 e. The minimum atomic E-state index is -0.982. The minimum Gasteiger partial charge on any atom is -0.397 e. The zero-order chi connectivity index (χ0) is 45.4. The number of aromatic nitrogens is 1. The fourth-order valence-electron chi connectivity index (χ4n) is 6.58. The van der Waals surface area contributed by atoms with Gasteiger partial charge in [0, 0.05) is 30.8 Å². The van der Waals surface area contributed by atoms with Crippen molar-refractivity contribution in [2.24, 2.45) is 5.41 Å². The molecule has 1 aromatic heterocycles. The Bertz CT molecular complexity index is 2140. The Hall–Kier alpha value is -5.76. The molecular formula is C45H57N7O10S. The van der Waals surface area contributed by atoms with Crippen LogP contribution >= 0.6 is 11.3 Å². The highest BCUT2D eigenvalue weighted by molar-refractivity contribution is 7.13. The number of thiazole rings is 1. The lowest BCUT2D eigenvalue weighted by atomic mass is 9.85. The lowest BCUT2D eigenvalue weighted by molar-refractivity contribution is -0.144. The second-order valence-corrected chi connectivity index (χ2v) is 16.8. The van der Waals surface area contributed by atoms with Crippen LogP contribution in [0.1, 0.15) is 48.8 Å². The summed E-state index contributed by atoms with van der Waals surface area (Å²) in [5, 5.41) is 21.6. The number of carbonyl (C=O) groups is 5. The number of likely N-dealkylation sites (tertiary alicyclic amines) is 1. The van der Waals surface area contributed by atoms with Crippen molar-refractivity contribution in [3.63, 3.8) is 0 Å². The first kappa shape index (κ1) is 48.3. The van der Waals surface area contributed by atoms with Gasteiger partial charge in [-0.3, -0.25) is 24.0 Å². The molecule has 0 aliphatic carbocycles. The summed E-state index contributed by atoms with van der Waals surface area (Å²) in [4.78, 5) is 71.7. The number of nitrogens with one attached hydrogen (secondary N) is 4. The van der Waals surface area contributed by atoms with Gasteiger partial charge in [-0.1, -0.05) is 57.2 Å². The maximum Gasteiger partial charge on any atom is 0.255 e. The number of nitrogens with two attached hydrogens (primary N) is 1. The molecule has 0 radical (unpaired) electrons. The average Bonchev–Trinajstić information content (AvgIpc) is 3.87. The summed E-state index contributed by atoms with van der Waals surface area (Å²) in [5.41, 5.74) is 11.7. The number of amides is 5. The van der Waals surface area contributed by atoms with Crippen molar-refractivity contribution in [1.82, 2.24) is 20.5 Å². The van der Waals surface area contributed by atoms with E-state index in [0.29, 0.717) is 22.6 Å². The monoisotopic (exact) mass is 887 g/mol. The second kappa shape index (κ2) is 23.6. The topological polar surface area (TPSA) is 233 Å². The second-order valence-electron chi connectivity index (χ2n) is 15.9. The van der Waals surface area contributed by atoms with Crippen LogP contribution in [-0.4, -0.2) is 122 Å². The molecule has 0 bridgehead atoms. The van der Waals surface area contributed by atoms with E-state index in [1.807, 2.05) is 52.0 Å². The number of aliphatic hydroxyl groups is 1. The Balaban J connectivity index is 0.914. The predicted molar refractivity (Wildman–Crippen MR) is 239 cm³/mol. The molecule has 1 aliphatic rings. The van der Waals surface area contributed by atoms with Gasteiger partial charge in [-0.05, 0) is 59.9 Å².